The summed E-state index contributed by atoms with van der Waals surface area (Å²) in [6.07, 6.45) is 9.82. The lowest BCUT2D eigenvalue weighted by atomic mass is 9.55. The van der Waals surface area contributed by atoms with Crippen molar-refractivity contribution in [3.05, 3.63) is 0 Å². The summed E-state index contributed by atoms with van der Waals surface area (Å²) in [6, 6.07) is 0.118. The van der Waals surface area contributed by atoms with Crippen molar-refractivity contribution < 1.29 is 18.0 Å². The molecule has 4 aliphatic carbocycles. The van der Waals surface area contributed by atoms with Gasteiger partial charge in [-0.2, -0.15) is 13.2 Å². The molecule has 0 aromatic carbocycles. The number of amides is 1. The number of hydrogen-bond donors (Lipinski definition) is 2. The Labute approximate surface area is 231 Å². The Morgan fingerprint density at radius 3 is 2.49 bits per heavy atom. The fourth-order valence-corrected chi connectivity index (χ4v) is 10.0. The Morgan fingerprint density at radius 2 is 1.85 bits per heavy atom. The number of likely N-dealkylation sites (tertiary alicyclic amines) is 2. The summed E-state index contributed by atoms with van der Waals surface area (Å²) < 4.78 is 43.3. The molecule has 7 unspecified atom stereocenters. The Balaban J connectivity index is 1.04. The van der Waals surface area contributed by atoms with Crippen molar-refractivity contribution in [1.29, 1.82) is 0 Å². The van der Waals surface area contributed by atoms with Crippen LogP contribution in [-0.4, -0.2) is 78.9 Å². The van der Waals surface area contributed by atoms with E-state index in [9.17, 15) is 18.0 Å². The number of hydrogen-bond acceptors (Lipinski definition) is 5. The lowest BCUT2D eigenvalue weighted by Gasteiger charge is -2.53. The number of carbonyl (C=O) groups is 1. The number of alkyl halides is 3. The first kappa shape index (κ1) is 27.0. The van der Waals surface area contributed by atoms with E-state index in [1.54, 1.807) is 0 Å². The zero-order valence-electron chi connectivity index (χ0n) is 23.7. The number of halogens is 3. The van der Waals surface area contributed by atoms with E-state index in [0.717, 1.165) is 52.0 Å². The van der Waals surface area contributed by atoms with Gasteiger partial charge >= 0.3 is 6.18 Å². The molecule has 0 bridgehead atoms. The third-order valence-electron chi connectivity index (χ3n) is 12.7. The Hall–Kier alpha value is -0.900. The SMILES string of the molecule is CN1CNNC1CC1(C2CCCC(N3CC4C(CC(CN5CCC6(CC6)C5)CC4C(F)(F)F)C3=O)C2)CCC1. The second-order valence-electron chi connectivity index (χ2n) is 14.9. The number of nitrogens with one attached hydrogen (secondary N) is 2. The Bertz CT molecular complexity index is 936. The molecule has 0 aromatic heterocycles. The largest absolute Gasteiger partial charge is 0.392 e. The molecule has 1 spiro atoms. The molecule has 7 aliphatic rings. The van der Waals surface area contributed by atoms with Crippen molar-refractivity contribution in [2.75, 3.05) is 39.9 Å². The first-order chi connectivity index (χ1) is 18.6. The van der Waals surface area contributed by atoms with Gasteiger partial charge in [-0.1, -0.05) is 12.8 Å². The Morgan fingerprint density at radius 1 is 1.03 bits per heavy atom. The zero-order valence-corrected chi connectivity index (χ0v) is 23.7. The second kappa shape index (κ2) is 9.84. The van der Waals surface area contributed by atoms with Crippen LogP contribution in [0, 0.1) is 40.4 Å². The molecule has 4 saturated carbocycles. The highest BCUT2D eigenvalue weighted by Crippen LogP contribution is 2.57. The Kier molecular flexibility index (Phi) is 6.80. The summed E-state index contributed by atoms with van der Waals surface area (Å²) in [6.45, 7) is 4.00. The van der Waals surface area contributed by atoms with Crippen molar-refractivity contribution in [1.82, 2.24) is 25.6 Å². The summed E-state index contributed by atoms with van der Waals surface area (Å²) in [5, 5.41) is 0. The van der Waals surface area contributed by atoms with E-state index in [1.807, 2.05) is 4.90 Å². The molecule has 3 heterocycles. The second-order valence-corrected chi connectivity index (χ2v) is 14.9. The summed E-state index contributed by atoms with van der Waals surface area (Å²) >= 11 is 0. The molecule has 7 rings (SSSR count). The molecule has 1 amide bonds. The standard InChI is InChI=1S/C30H48F3N5O/c1-36-19-34-35-26(36)15-29(6-3-7-29)21-4-2-5-22(14-21)38-17-24-23(27(38)39)12-20(13-25(24)30(31,32)33)16-37-11-10-28(18-37)8-9-28/h20-26,34-35H,2-19H2,1H3. The van der Waals surface area contributed by atoms with Crippen LogP contribution in [0.3, 0.4) is 0 Å². The van der Waals surface area contributed by atoms with Gasteiger partial charge < -0.3 is 9.80 Å². The van der Waals surface area contributed by atoms with Gasteiger partial charge in [0.2, 0.25) is 5.91 Å². The van der Waals surface area contributed by atoms with Crippen LogP contribution in [0.2, 0.25) is 0 Å². The molecule has 3 aliphatic heterocycles. The van der Waals surface area contributed by atoms with Gasteiger partial charge in [-0.25, -0.2) is 10.9 Å². The van der Waals surface area contributed by atoms with Gasteiger partial charge in [-0.15, -0.1) is 0 Å². The first-order valence-corrected chi connectivity index (χ1v) is 15.9. The molecular weight excluding hydrogens is 503 g/mol. The predicted molar refractivity (Wildman–Crippen MR) is 143 cm³/mol. The third kappa shape index (κ3) is 4.95. The van der Waals surface area contributed by atoms with E-state index in [-0.39, 0.29) is 24.3 Å². The molecule has 0 radical (unpaired) electrons. The maximum atomic E-state index is 14.4. The maximum absolute atomic E-state index is 14.4. The molecule has 7 atom stereocenters. The zero-order chi connectivity index (χ0) is 27.0. The van der Waals surface area contributed by atoms with E-state index in [2.05, 4.69) is 27.7 Å². The number of rotatable bonds is 6. The van der Waals surface area contributed by atoms with Crippen LogP contribution in [0.25, 0.3) is 0 Å². The van der Waals surface area contributed by atoms with Gasteiger partial charge in [-0.05, 0) is 113 Å². The third-order valence-corrected chi connectivity index (χ3v) is 12.7. The highest BCUT2D eigenvalue weighted by atomic mass is 19.4. The number of fused-ring (bicyclic) bond motifs is 1. The number of hydrazine groups is 1. The molecule has 7 fully saturated rings. The van der Waals surface area contributed by atoms with Gasteiger partial charge in [0.15, 0.2) is 0 Å². The fraction of sp³-hybridized carbons (Fsp3) is 0.967. The predicted octanol–water partition coefficient (Wildman–Crippen LogP) is 4.58. The van der Waals surface area contributed by atoms with Gasteiger partial charge in [0, 0.05) is 31.6 Å². The minimum atomic E-state index is -4.22. The highest BCUT2D eigenvalue weighted by Gasteiger charge is 2.59. The van der Waals surface area contributed by atoms with Crippen LogP contribution in [0.5, 0.6) is 0 Å². The van der Waals surface area contributed by atoms with Crippen molar-refractivity contribution in [2.24, 2.45) is 40.4 Å². The van der Waals surface area contributed by atoms with Gasteiger partial charge in [-0.3, -0.25) is 9.69 Å². The van der Waals surface area contributed by atoms with Crippen LogP contribution in [0.15, 0.2) is 0 Å². The average molecular weight is 552 g/mol. The molecule has 3 saturated heterocycles. The lowest BCUT2D eigenvalue weighted by molar-refractivity contribution is -0.204. The van der Waals surface area contributed by atoms with E-state index >= 15 is 0 Å². The van der Waals surface area contributed by atoms with Crippen LogP contribution < -0.4 is 10.9 Å². The average Bonchev–Trinajstić information content (AvgIpc) is 3.15. The summed E-state index contributed by atoms with van der Waals surface area (Å²) in [7, 11) is 2.15. The summed E-state index contributed by atoms with van der Waals surface area (Å²) in [4.78, 5) is 20.6. The minimum absolute atomic E-state index is 0.0162. The first-order valence-electron chi connectivity index (χ1n) is 15.9. The topological polar surface area (TPSA) is 50.9 Å². The molecule has 220 valence electrons. The van der Waals surface area contributed by atoms with Crippen LogP contribution in [0.4, 0.5) is 13.2 Å². The molecule has 9 heteroatoms. The van der Waals surface area contributed by atoms with Gasteiger partial charge in [0.05, 0.1) is 18.8 Å². The van der Waals surface area contributed by atoms with E-state index in [0.29, 0.717) is 35.9 Å². The highest BCUT2D eigenvalue weighted by molar-refractivity contribution is 5.82. The molecule has 0 aromatic rings. The van der Waals surface area contributed by atoms with Crippen LogP contribution in [-0.2, 0) is 4.79 Å². The number of nitrogens with zero attached hydrogens (tertiary/aromatic N) is 3. The van der Waals surface area contributed by atoms with Gasteiger partial charge in [0.25, 0.3) is 0 Å². The van der Waals surface area contributed by atoms with E-state index < -0.39 is 23.9 Å². The van der Waals surface area contributed by atoms with Crippen LogP contribution in [0.1, 0.15) is 83.5 Å². The molecule has 6 nitrogen and oxygen atoms in total. The van der Waals surface area contributed by atoms with E-state index in [4.69, 9.17) is 0 Å². The number of carbonyl (C=O) groups excluding carboxylic acids is 1. The smallest absolute Gasteiger partial charge is 0.339 e. The quantitative estimate of drug-likeness (QED) is 0.506. The van der Waals surface area contributed by atoms with Crippen molar-refractivity contribution in [3.8, 4) is 0 Å². The molecule has 2 N–H and O–H groups in total. The minimum Gasteiger partial charge on any atom is -0.339 e. The normalized spacial score (nSPS) is 42.2. The summed E-state index contributed by atoms with van der Waals surface area (Å²) in [5.41, 5.74) is 7.48. The molecular formula is C30H48F3N5O. The van der Waals surface area contributed by atoms with Crippen molar-refractivity contribution >= 4 is 5.91 Å². The lowest BCUT2D eigenvalue weighted by Crippen LogP contribution is -2.50. The monoisotopic (exact) mass is 551 g/mol. The van der Waals surface area contributed by atoms with Crippen molar-refractivity contribution in [2.45, 2.75) is 102 Å². The van der Waals surface area contributed by atoms with E-state index in [1.165, 1.54) is 44.9 Å². The molecule has 39 heavy (non-hydrogen) atoms. The fourth-order valence-electron chi connectivity index (χ4n) is 10.0. The maximum Gasteiger partial charge on any atom is 0.392 e. The summed E-state index contributed by atoms with van der Waals surface area (Å²) in [5.74, 6) is -1.73. The van der Waals surface area contributed by atoms with Crippen molar-refractivity contribution in [3.63, 3.8) is 0 Å². The van der Waals surface area contributed by atoms with Gasteiger partial charge in [0.1, 0.15) is 0 Å². The van der Waals surface area contributed by atoms with Crippen LogP contribution >= 0.6 is 0 Å².